The molecule has 2 rings (SSSR count). The Hall–Kier alpha value is -0.880. The number of nitrogens with zero attached hydrogens (tertiary/aromatic N) is 2. The van der Waals surface area contributed by atoms with Gasteiger partial charge in [-0.15, -0.1) is 0 Å². The van der Waals surface area contributed by atoms with E-state index in [1.807, 2.05) is 0 Å². The maximum Gasteiger partial charge on any atom is 0.224 e. The van der Waals surface area contributed by atoms with Crippen LogP contribution in [0.3, 0.4) is 0 Å². The monoisotopic (exact) mass is 260 g/mol. The van der Waals surface area contributed by atoms with Gasteiger partial charge in [-0.05, 0) is 24.4 Å². The van der Waals surface area contributed by atoms with Gasteiger partial charge in [0.2, 0.25) is 5.28 Å². The van der Waals surface area contributed by atoms with Gasteiger partial charge in [0.1, 0.15) is 0 Å². The van der Waals surface area contributed by atoms with E-state index >= 15 is 0 Å². The summed E-state index contributed by atoms with van der Waals surface area (Å²) in [6, 6.07) is 0.269. The van der Waals surface area contributed by atoms with Crippen LogP contribution in [0.1, 0.15) is 12.8 Å². The molecular weight excluding hydrogens is 248 g/mol. The van der Waals surface area contributed by atoms with Crippen LogP contribution < -0.4 is 11.1 Å². The number of hydrogen-bond acceptors (Lipinski definition) is 5. The van der Waals surface area contributed by atoms with Crippen molar-refractivity contribution in [3.8, 4) is 0 Å². The second-order valence-corrected chi connectivity index (χ2v) is 5.74. The summed E-state index contributed by atoms with van der Waals surface area (Å²) < 4.78 is 11.2. The number of aromatic nitrogens is 2. The standard InChI is InChI=1S/C9H13ClN4OS/c10-9-12-5-7(11)8(14-9)13-6-1-3-16(15)4-2-6/h5-6H,1-4,11H2,(H,12,13,14). The van der Waals surface area contributed by atoms with Crippen molar-refractivity contribution in [3.05, 3.63) is 11.5 Å². The molecule has 2 heterocycles. The van der Waals surface area contributed by atoms with Gasteiger partial charge < -0.3 is 11.1 Å². The summed E-state index contributed by atoms with van der Waals surface area (Å²) in [6.07, 6.45) is 3.22. The van der Waals surface area contributed by atoms with E-state index in [0.29, 0.717) is 11.5 Å². The second-order valence-electron chi connectivity index (χ2n) is 3.71. The van der Waals surface area contributed by atoms with E-state index in [2.05, 4.69) is 15.3 Å². The van der Waals surface area contributed by atoms with Crippen molar-refractivity contribution < 1.29 is 4.21 Å². The van der Waals surface area contributed by atoms with Crippen molar-refractivity contribution in [2.45, 2.75) is 18.9 Å². The third-order valence-electron chi connectivity index (χ3n) is 2.52. The van der Waals surface area contributed by atoms with Crippen molar-refractivity contribution in [2.24, 2.45) is 0 Å². The molecule has 0 aliphatic carbocycles. The Labute approximate surface area is 101 Å². The first kappa shape index (κ1) is 11.6. The molecule has 7 heteroatoms. The van der Waals surface area contributed by atoms with Gasteiger partial charge in [0.15, 0.2) is 5.82 Å². The summed E-state index contributed by atoms with van der Waals surface area (Å²) in [7, 11) is -0.659. The van der Waals surface area contributed by atoms with Crippen LogP contribution in [0.4, 0.5) is 11.5 Å². The van der Waals surface area contributed by atoms with Crippen molar-refractivity contribution in [1.29, 1.82) is 0 Å². The van der Waals surface area contributed by atoms with Crippen LogP contribution in [-0.4, -0.2) is 31.7 Å². The molecule has 0 atom stereocenters. The van der Waals surface area contributed by atoms with Gasteiger partial charge in [0.05, 0.1) is 11.9 Å². The van der Waals surface area contributed by atoms with Crippen molar-refractivity contribution in [2.75, 3.05) is 22.6 Å². The molecule has 1 saturated heterocycles. The predicted octanol–water partition coefficient (Wildman–Crippen LogP) is 1.04. The second kappa shape index (κ2) is 4.97. The van der Waals surface area contributed by atoms with Crippen LogP contribution >= 0.6 is 11.6 Å². The molecule has 0 spiro atoms. The first-order valence-electron chi connectivity index (χ1n) is 5.04. The van der Waals surface area contributed by atoms with E-state index in [9.17, 15) is 4.21 Å². The zero-order valence-electron chi connectivity index (χ0n) is 8.65. The lowest BCUT2D eigenvalue weighted by Gasteiger charge is -2.23. The lowest BCUT2D eigenvalue weighted by molar-refractivity contribution is 0.622. The molecular formula is C9H13ClN4OS. The maximum atomic E-state index is 11.2. The molecule has 1 aliphatic heterocycles. The third kappa shape index (κ3) is 2.82. The van der Waals surface area contributed by atoms with E-state index in [1.54, 1.807) is 0 Å². The predicted molar refractivity (Wildman–Crippen MR) is 66.0 cm³/mol. The van der Waals surface area contributed by atoms with Gasteiger partial charge in [-0.1, -0.05) is 0 Å². The molecule has 0 unspecified atom stereocenters. The topological polar surface area (TPSA) is 80.9 Å². The van der Waals surface area contributed by atoms with Crippen LogP contribution in [0.15, 0.2) is 6.20 Å². The zero-order valence-corrected chi connectivity index (χ0v) is 10.2. The lowest BCUT2D eigenvalue weighted by atomic mass is 10.1. The average molecular weight is 261 g/mol. The van der Waals surface area contributed by atoms with Gasteiger partial charge in [-0.2, -0.15) is 4.98 Å². The number of halogens is 1. The Morgan fingerprint density at radius 2 is 2.19 bits per heavy atom. The quantitative estimate of drug-likeness (QED) is 0.777. The molecule has 0 amide bonds. The minimum absolute atomic E-state index is 0.177. The van der Waals surface area contributed by atoms with E-state index in [4.69, 9.17) is 17.3 Å². The molecule has 5 nitrogen and oxygen atoms in total. The van der Waals surface area contributed by atoms with Gasteiger partial charge >= 0.3 is 0 Å². The fourth-order valence-corrected chi connectivity index (χ4v) is 3.05. The number of rotatable bonds is 2. The fourth-order valence-electron chi connectivity index (χ4n) is 1.62. The minimum Gasteiger partial charge on any atom is -0.394 e. The van der Waals surface area contributed by atoms with Crippen LogP contribution in [0.5, 0.6) is 0 Å². The Bertz CT molecular complexity index is 404. The highest BCUT2D eigenvalue weighted by molar-refractivity contribution is 7.85. The van der Waals surface area contributed by atoms with Crippen LogP contribution in [-0.2, 0) is 10.8 Å². The van der Waals surface area contributed by atoms with Crippen molar-refractivity contribution in [1.82, 2.24) is 9.97 Å². The zero-order chi connectivity index (χ0) is 11.5. The largest absolute Gasteiger partial charge is 0.394 e. The Morgan fingerprint density at radius 3 is 2.88 bits per heavy atom. The van der Waals surface area contributed by atoms with Crippen LogP contribution in [0.2, 0.25) is 5.28 Å². The van der Waals surface area contributed by atoms with Gasteiger partial charge in [-0.25, -0.2) is 4.98 Å². The number of hydrogen-bond donors (Lipinski definition) is 2. The first-order chi connectivity index (χ1) is 7.65. The number of nitrogen functional groups attached to an aromatic ring is 1. The highest BCUT2D eigenvalue weighted by Crippen LogP contribution is 2.20. The van der Waals surface area contributed by atoms with E-state index in [1.165, 1.54) is 6.20 Å². The summed E-state index contributed by atoms with van der Waals surface area (Å²) in [4.78, 5) is 7.81. The van der Waals surface area contributed by atoms with Crippen molar-refractivity contribution in [3.63, 3.8) is 0 Å². The third-order valence-corrected chi connectivity index (χ3v) is 4.08. The SMILES string of the molecule is Nc1cnc(Cl)nc1NC1CCS(=O)CC1. The molecule has 0 saturated carbocycles. The molecule has 16 heavy (non-hydrogen) atoms. The highest BCUT2D eigenvalue weighted by atomic mass is 35.5. The summed E-state index contributed by atoms with van der Waals surface area (Å²) in [5, 5.41) is 3.39. The number of nitrogens with two attached hydrogens (primary N) is 1. The van der Waals surface area contributed by atoms with E-state index in [0.717, 1.165) is 24.3 Å². The minimum atomic E-state index is -0.659. The molecule has 0 aromatic carbocycles. The van der Waals surface area contributed by atoms with Crippen LogP contribution in [0, 0.1) is 0 Å². The molecule has 1 aromatic rings. The molecule has 1 aromatic heterocycles. The molecule has 0 bridgehead atoms. The van der Waals surface area contributed by atoms with Gasteiger partial charge in [0.25, 0.3) is 0 Å². The Kier molecular flexibility index (Phi) is 3.60. The summed E-state index contributed by atoms with van der Waals surface area (Å²) in [5.41, 5.74) is 6.21. The van der Waals surface area contributed by atoms with E-state index < -0.39 is 10.8 Å². The molecule has 0 radical (unpaired) electrons. The fraction of sp³-hybridized carbons (Fsp3) is 0.556. The smallest absolute Gasteiger partial charge is 0.224 e. The number of anilines is 2. The number of nitrogens with one attached hydrogen (secondary N) is 1. The molecule has 3 N–H and O–H groups in total. The van der Waals surface area contributed by atoms with E-state index in [-0.39, 0.29) is 11.3 Å². The summed E-state index contributed by atoms with van der Waals surface area (Å²) >= 11 is 5.69. The maximum absolute atomic E-state index is 11.2. The Balaban J connectivity index is 2.03. The van der Waals surface area contributed by atoms with Gasteiger partial charge in [-0.3, -0.25) is 4.21 Å². The van der Waals surface area contributed by atoms with Crippen LogP contribution in [0.25, 0.3) is 0 Å². The molecule has 88 valence electrons. The molecule has 1 aliphatic rings. The molecule has 1 fully saturated rings. The first-order valence-corrected chi connectivity index (χ1v) is 6.91. The highest BCUT2D eigenvalue weighted by Gasteiger charge is 2.18. The Morgan fingerprint density at radius 1 is 1.50 bits per heavy atom. The summed E-state index contributed by atoms with van der Waals surface area (Å²) in [6.45, 7) is 0. The normalized spacial score (nSPS) is 25.3. The van der Waals surface area contributed by atoms with Crippen molar-refractivity contribution >= 4 is 33.9 Å². The van der Waals surface area contributed by atoms with Gasteiger partial charge in [0, 0.05) is 28.3 Å². The lowest BCUT2D eigenvalue weighted by Crippen LogP contribution is -2.30. The summed E-state index contributed by atoms with van der Waals surface area (Å²) in [5.74, 6) is 2.03. The average Bonchev–Trinajstić information content (AvgIpc) is 2.27.